The minimum Gasteiger partial charge on any atom is -0.308 e. The molecule has 0 radical (unpaired) electrons. The number of aryl methyl sites for hydroxylation is 8. The number of halogens is 3. The van der Waals surface area contributed by atoms with Crippen LogP contribution in [0.25, 0.3) is 94.3 Å². The summed E-state index contributed by atoms with van der Waals surface area (Å²) in [6.07, 6.45) is -4.69. The first-order valence-corrected chi connectivity index (χ1v) is 26.0. The second-order valence-corrected chi connectivity index (χ2v) is 21.2. The van der Waals surface area contributed by atoms with Crippen LogP contribution >= 0.6 is 0 Å². The van der Waals surface area contributed by atoms with E-state index in [0.717, 1.165) is 133 Å². The number of hydrogen-bond donors (Lipinski definition) is 0. The lowest BCUT2D eigenvalue weighted by Gasteiger charge is -2.24. The molecular formula is C71H55F3N2. The number of nitriles is 1. The third-order valence-electron chi connectivity index (χ3n) is 15.9. The second-order valence-electron chi connectivity index (χ2n) is 21.2. The van der Waals surface area contributed by atoms with Gasteiger partial charge in [0.2, 0.25) is 0 Å². The van der Waals surface area contributed by atoms with Gasteiger partial charge in [-0.15, -0.1) is 0 Å². The van der Waals surface area contributed by atoms with Crippen LogP contribution in [0, 0.1) is 66.7 Å². The second kappa shape index (κ2) is 18.3. The molecule has 0 bridgehead atoms. The van der Waals surface area contributed by atoms with E-state index in [1.165, 1.54) is 12.1 Å². The summed E-state index contributed by atoms with van der Waals surface area (Å²) in [6, 6.07) is 64.1. The Labute approximate surface area is 443 Å². The summed E-state index contributed by atoms with van der Waals surface area (Å²) in [6.45, 7) is 16.8. The maximum absolute atomic E-state index is 15.7. The van der Waals surface area contributed by atoms with Gasteiger partial charge < -0.3 is 4.57 Å². The molecule has 1 aliphatic rings. The van der Waals surface area contributed by atoms with Crippen LogP contribution in [0.4, 0.5) is 13.2 Å². The minimum absolute atomic E-state index is 0.0505. The Morgan fingerprint density at radius 2 is 0.763 bits per heavy atom. The third-order valence-corrected chi connectivity index (χ3v) is 15.9. The predicted octanol–water partition coefficient (Wildman–Crippen LogP) is 19.6. The van der Waals surface area contributed by atoms with Gasteiger partial charge in [0.25, 0.3) is 0 Å². The lowest BCUT2D eigenvalue weighted by molar-refractivity contribution is -0.137. The molecule has 0 atom stereocenters. The van der Waals surface area contributed by atoms with Gasteiger partial charge in [-0.1, -0.05) is 162 Å². The summed E-state index contributed by atoms with van der Waals surface area (Å²) in [5, 5.41) is 13.6. The SMILES string of the molecule is Cc1ccc(-c2ccc3c(c2)C(c2cc(C#N)c(-n4c5cc(-c6ccc(C)cc6C)ccc5c5ccc(-c6ccc(C)cc6C)cc54)cc2-c2ccccc2C(F)(F)F)c2cc(-c4ccc(C)cc4C)ccc2-3)c(C)c1. The number of benzene rings is 10. The van der Waals surface area contributed by atoms with E-state index in [4.69, 9.17) is 0 Å². The van der Waals surface area contributed by atoms with Crippen molar-refractivity contribution >= 4 is 21.8 Å². The van der Waals surface area contributed by atoms with Crippen molar-refractivity contribution in [2.24, 2.45) is 0 Å². The van der Waals surface area contributed by atoms with Crippen molar-refractivity contribution in [3.63, 3.8) is 0 Å². The van der Waals surface area contributed by atoms with Gasteiger partial charge in [0.1, 0.15) is 6.07 Å². The largest absolute Gasteiger partial charge is 0.417 e. The first-order valence-electron chi connectivity index (χ1n) is 26.0. The maximum atomic E-state index is 15.7. The standard InChI is InChI=1S/C71H55F3N2/c1-40-13-21-53(44(5)29-40)48-17-25-57-58-26-18-49(54-22-14-41(2)30-45(54)6)34-64(58)70(63(57)33-48)65-35-52(39-75)67(38-62(65)59-11-9-10-12-66(59)71(72,73)74)76-68-36-50(55-23-15-42(3)31-46(55)7)19-27-60(68)61-28-20-51(37-69(61)76)56-24-16-43(4)32-47(56)8/h9-38,70H,1-8H3. The highest BCUT2D eigenvalue weighted by atomic mass is 19.4. The van der Waals surface area contributed by atoms with Crippen molar-refractivity contribution in [2.75, 3.05) is 0 Å². The molecule has 76 heavy (non-hydrogen) atoms. The molecule has 0 saturated heterocycles. The summed E-state index contributed by atoms with van der Waals surface area (Å²) < 4.78 is 49.3. The van der Waals surface area contributed by atoms with Gasteiger partial charge in [0.15, 0.2) is 0 Å². The smallest absolute Gasteiger partial charge is 0.308 e. The van der Waals surface area contributed by atoms with Gasteiger partial charge in [0.05, 0.1) is 27.8 Å². The molecule has 1 aromatic heterocycles. The zero-order valence-electron chi connectivity index (χ0n) is 43.9. The van der Waals surface area contributed by atoms with Crippen LogP contribution in [0.5, 0.6) is 0 Å². The molecule has 0 amide bonds. The molecule has 5 heteroatoms. The fraction of sp³-hybridized carbons (Fsp3) is 0.141. The molecule has 0 N–H and O–H groups in total. The Morgan fingerprint density at radius 3 is 1.17 bits per heavy atom. The van der Waals surface area contributed by atoms with Gasteiger partial charge in [-0.25, -0.2) is 0 Å². The molecule has 10 aromatic carbocycles. The van der Waals surface area contributed by atoms with E-state index >= 15 is 13.2 Å². The Morgan fingerprint density at radius 1 is 0.382 bits per heavy atom. The molecule has 0 spiro atoms. The molecular weight excluding hydrogens is 938 g/mol. The average Bonchev–Trinajstić information content (AvgIpc) is 4.04. The van der Waals surface area contributed by atoms with Crippen LogP contribution < -0.4 is 0 Å². The summed E-state index contributed by atoms with van der Waals surface area (Å²) in [5.74, 6) is -0.552. The molecule has 0 unspecified atom stereocenters. The maximum Gasteiger partial charge on any atom is 0.417 e. The number of fused-ring (bicyclic) bond motifs is 6. The van der Waals surface area contributed by atoms with E-state index in [1.807, 2.05) is 12.1 Å². The van der Waals surface area contributed by atoms with Gasteiger partial charge >= 0.3 is 6.18 Å². The van der Waals surface area contributed by atoms with Gasteiger partial charge in [-0.2, -0.15) is 18.4 Å². The third kappa shape index (κ3) is 8.12. The van der Waals surface area contributed by atoms with Crippen LogP contribution in [0.2, 0.25) is 0 Å². The number of alkyl halides is 3. The van der Waals surface area contributed by atoms with Crippen LogP contribution in [-0.2, 0) is 6.18 Å². The molecule has 0 aliphatic heterocycles. The van der Waals surface area contributed by atoms with Crippen molar-refractivity contribution in [3.05, 3.63) is 254 Å². The van der Waals surface area contributed by atoms with E-state index in [2.05, 4.69) is 212 Å². The summed E-state index contributed by atoms with van der Waals surface area (Å²) in [5.41, 5.74) is 24.4. The van der Waals surface area contributed by atoms with Gasteiger partial charge in [-0.3, -0.25) is 0 Å². The fourth-order valence-corrected chi connectivity index (χ4v) is 12.4. The van der Waals surface area contributed by atoms with E-state index in [-0.39, 0.29) is 5.56 Å². The molecule has 0 saturated carbocycles. The fourth-order valence-electron chi connectivity index (χ4n) is 12.4. The number of nitrogens with zero attached hydrogens (tertiary/aromatic N) is 2. The van der Waals surface area contributed by atoms with Crippen LogP contribution in [0.15, 0.2) is 182 Å². The van der Waals surface area contributed by atoms with Crippen molar-refractivity contribution in [3.8, 4) is 78.5 Å². The zero-order valence-corrected chi connectivity index (χ0v) is 43.9. The molecule has 2 nitrogen and oxygen atoms in total. The highest BCUT2D eigenvalue weighted by Crippen LogP contribution is 2.54. The van der Waals surface area contributed by atoms with Gasteiger partial charge in [-0.05, 0) is 204 Å². The average molecular weight is 993 g/mol. The van der Waals surface area contributed by atoms with Crippen molar-refractivity contribution in [2.45, 2.75) is 67.5 Å². The predicted molar refractivity (Wildman–Crippen MR) is 308 cm³/mol. The van der Waals surface area contributed by atoms with Crippen LogP contribution in [-0.4, -0.2) is 4.57 Å². The molecule has 1 heterocycles. The minimum atomic E-state index is -4.69. The molecule has 12 rings (SSSR count). The Kier molecular flexibility index (Phi) is 11.6. The number of aromatic nitrogens is 1. The first kappa shape index (κ1) is 48.2. The lowest BCUT2D eigenvalue weighted by Crippen LogP contribution is -2.10. The van der Waals surface area contributed by atoms with E-state index < -0.39 is 17.7 Å². The quantitative estimate of drug-likeness (QED) is 0.156. The highest BCUT2D eigenvalue weighted by molar-refractivity contribution is 6.11. The van der Waals surface area contributed by atoms with E-state index in [9.17, 15) is 5.26 Å². The summed E-state index contributed by atoms with van der Waals surface area (Å²) >= 11 is 0. The highest BCUT2D eigenvalue weighted by Gasteiger charge is 2.38. The van der Waals surface area contributed by atoms with E-state index in [0.29, 0.717) is 22.4 Å². The molecule has 11 aromatic rings. The Hall–Kier alpha value is -8.72. The van der Waals surface area contributed by atoms with Crippen molar-refractivity contribution < 1.29 is 13.2 Å². The van der Waals surface area contributed by atoms with Crippen molar-refractivity contribution in [1.29, 1.82) is 5.26 Å². The first-order chi connectivity index (χ1) is 36.5. The zero-order chi connectivity index (χ0) is 52.9. The molecule has 1 aliphatic carbocycles. The molecule has 0 fully saturated rings. The van der Waals surface area contributed by atoms with Crippen LogP contribution in [0.3, 0.4) is 0 Å². The summed E-state index contributed by atoms with van der Waals surface area (Å²) in [7, 11) is 0. The summed E-state index contributed by atoms with van der Waals surface area (Å²) in [4.78, 5) is 0. The Balaban J connectivity index is 1.19. The topological polar surface area (TPSA) is 28.7 Å². The van der Waals surface area contributed by atoms with Gasteiger partial charge in [0, 0.05) is 16.7 Å². The molecule has 370 valence electrons. The van der Waals surface area contributed by atoms with Crippen LogP contribution in [0.1, 0.15) is 78.2 Å². The number of hydrogen-bond acceptors (Lipinski definition) is 1. The number of rotatable bonds is 7. The normalized spacial score (nSPS) is 12.3. The Bertz CT molecular complexity index is 4060. The lowest BCUT2D eigenvalue weighted by atomic mass is 9.81. The van der Waals surface area contributed by atoms with Crippen molar-refractivity contribution in [1.82, 2.24) is 4.57 Å². The monoisotopic (exact) mass is 992 g/mol. The van der Waals surface area contributed by atoms with E-state index in [1.54, 1.807) is 12.1 Å².